The third-order valence-corrected chi connectivity index (χ3v) is 3.40. The zero-order valence-electron chi connectivity index (χ0n) is 11.9. The Hall–Kier alpha value is -2.26. The number of halogens is 1. The van der Waals surface area contributed by atoms with E-state index in [0.717, 1.165) is 34.1 Å². The number of rotatable bonds is 4. The molecule has 0 bridgehead atoms. The molecule has 0 saturated heterocycles. The lowest BCUT2D eigenvalue weighted by Crippen LogP contribution is -1.98. The summed E-state index contributed by atoms with van der Waals surface area (Å²) in [4.78, 5) is 10.7. The molecule has 0 aliphatic rings. The van der Waals surface area contributed by atoms with E-state index < -0.39 is 5.97 Å². The molecule has 0 aliphatic carbocycles. The van der Waals surface area contributed by atoms with Crippen LogP contribution in [0.1, 0.15) is 16.7 Å². The van der Waals surface area contributed by atoms with E-state index >= 15 is 0 Å². The highest BCUT2D eigenvalue weighted by atomic mass is 35.5. The van der Waals surface area contributed by atoms with E-state index in [9.17, 15) is 4.79 Å². The number of carboxylic acids is 1. The maximum absolute atomic E-state index is 10.7. The summed E-state index contributed by atoms with van der Waals surface area (Å²) >= 11 is 6.04. The molecule has 0 aliphatic heterocycles. The molecule has 4 heteroatoms. The van der Waals surface area contributed by atoms with Crippen LogP contribution >= 0.6 is 11.6 Å². The largest absolute Gasteiger partial charge is 0.478 e. The second-order valence-electron chi connectivity index (χ2n) is 4.79. The van der Waals surface area contributed by atoms with Crippen molar-refractivity contribution in [1.29, 1.82) is 0 Å². The van der Waals surface area contributed by atoms with Gasteiger partial charge in [-0.1, -0.05) is 35.9 Å². The van der Waals surface area contributed by atoms with Crippen molar-refractivity contribution >= 4 is 35.0 Å². The number of aryl methyl sites for hydroxylation is 2. The van der Waals surface area contributed by atoms with Gasteiger partial charge in [0.2, 0.25) is 0 Å². The Morgan fingerprint density at radius 3 is 2.48 bits per heavy atom. The average Bonchev–Trinajstić information content (AvgIpc) is 2.42. The van der Waals surface area contributed by atoms with Crippen LogP contribution in [0.3, 0.4) is 0 Å². The number of aliphatic carboxylic acids is 1. The maximum Gasteiger partial charge on any atom is 0.328 e. The van der Waals surface area contributed by atoms with Gasteiger partial charge in [0.15, 0.2) is 0 Å². The van der Waals surface area contributed by atoms with Gasteiger partial charge in [0.1, 0.15) is 0 Å². The quantitative estimate of drug-likeness (QED) is 0.798. The Morgan fingerprint density at radius 2 is 1.86 bits per heavy atom. The Labute approximate surface area is 128 Å². The third kappa shape index (κ3) is 3.86. The maximum atomic E-state index is 10.7. The van der Waals surface area contributed by atoms with E-state index in [4.69, 9.17) is 16.7 Å². The average molecular weight is 302 g/mol. The fourth-order valence-electron chi connectivity index (χ4n) is 2.09. The second-order valence-corrected chi connectivity index (χ2v) is 5.23. The number of para-hydroxylation sites is 1. The first-order valence-corrected chi connectivity index (χ1v) is 6.89. The van der Waals surface area contributed by atoms with Gasteiger partial charge in [-0.3, -0.25) is 0 Å². The van der Waals surface area contributed by atoms with E-state index in [1.165, 1.54) is 0 Å². The molecule has 0 amide bonds. The monoisotopic (exact) mass is 301 g/mol. The van der Waals surface area contributed by atoms with E-state index in [2.05, 4.69) is 5.32 Å². The zero-order chi connectivity index (χ0) is 15.4. The minimum atomic E-state index is -0.983. The van der Waals surface area contributed by atoms with Crippen LogP contribution < -0.4 is 5.32 Å². The molecule has 2 N–H and O–H groups in total. The smallest absolute Gasteiger partial charge is 0.328 e. The van der Waals surface area contributed by atoms with Crippen LogP contribution in [0.15, 0.2) is 42.5 Å². The minimum Gasteiger partial charge on any atom is -0.478 e. The van der Waals surface area contributed by atoms with Crippen LogP contribution in [0.5, 0.6) is 0 Å². The molecule has 0 aromatic heterocycles. The van der Waals surface area contributed by atoms with Crippen molar-refractivity contribution in [3.05, 3.63) is 64.2 Å². The number of nitrogens with one attached hydrogen (secondary N) is 1. The van der Waals surface area contributed by atoms with Gasteiger partial charge in [-0.2, -0.15) is 0 Å². The molecular weight excluding hydrogens is 286 g/mol. The highest BCUT2D eigenvalue weighted by Gasteiger charge is 2.06. The molecule has 0 spiro atoms. The van der Waals surface area contributed by atoms with Gasteiger partial charge in [0.05, 0.1) is 0 Å². The van der Waals surface area contributed by atoms with Crippen LogP contribution in [0.4, 0.5) is 11.4 Å². The van der Waals surface area contributed by atoms with Gasteiger partial charge < -0.3 is 10.4 Å². The number of carboxylic acid groups (broad SMARTS) is 1. The summed E-state index contributed by atoms with van der Waals surface area (Å²) in [5.74, 6) is -0.983. The summed E-state index contributed by atoms with van der Waals surface area (Å²) in [5, 5.41) is 12.7. The SMILES string of the molecule is Cc1cccc(C)c1Nc1cc(Cl)ccc1C=CC(=O)O. The Bertz CT molecular complexity index is 688. The van der Waals surface area contributed by atoms with E-state index in [1.807, 2.05) is 32.0 Å². The zero-order valence-corrected chi connectivity index (χ0v) is 12.6. The van der Waals surface area contributed by atoms with E-state index in [0.29, 0.717) is 5.02 Å². The molecule has 0 atom stereocenters. The van der Waals surface area contributed by atoms with Crippen LogP contribution in [-0.4, -0.2) is 11.1 Å². The molecule has 0 radical (unpaired) electrons. The summed E-state index contributed by atoms with van der Waals surface area (Å²) in [6.45, 7) is 4.04. The minimum absolute atomic E-state index is 0.594. The normalized spacial score (nSPS) is 10.8. The van der Waals surface area contributed by atoms with Crippen LogP contribution in [0.25, 0.3) is 6.08 Å². The highest BCUT2D eigenvalue weighted by Crippen LogP contribution is 2.29. The lowest BCUT2D eigenvalue weighted by molar-refractivity contribution is -0.131. The molecule has 21 heavy (non-hydrogen) atoms. The van der Waals surface area contributed by atoms with Gasteiger partial charge in [-0.15, -0.1) is 0 Å². The molecule has 108 valence electrons. The summed E-state index contributed by atoms with van der Waals surface area (Å²) in [7, 11) is 0. The third-order valence-electron chi connectivity index (χ3n) is 3.16. The second kappa shape index (κ2) is 6.46. The lowest BCUT2D eigenvalue weighted by atomic mass is 10.1. The highest BCUT2D eigenvalue weighted by molar-refractivity contribution is 6.31. The van der Waals surface area contributed by atoms with Gasteiger partial charge in [0, 0.05) is 22.5 Å². The molecule has 0 heterocycles. The van der Waals surface area contributed by atoms with Crippen molar-refractivity contribution in [2.45, 2.75) is 13.8 Å². The van der Waals surface area contributed by atoms with Crippen molar-refractivity contribution < 1.29 is 9.90 Å². The summed E-state index contributed by atoms with van der Waals surface area (Å²) in [6, 6.07) is 11.4. The van der Waals surface area contributed by atoms with Crippen molar-refractivity contribution in [1.82, 2.24) is 0 Å². The molecule has 2 aromatic carbocycles. The first kappa shape index (κ1) is 15.1. The van der Waals surface area contributed by atoms with Gasteiger partial charge >= 0.3 is 5.97 Å². The van der Waals surface area contributed by atoms with Crippen molar-refractivity contribution in [2.24, 2.45) is 0 Å². The fraction of sp³-hybridized carbons (Fsp3) is 0.118. The number of hydrogen-bond donors (Lipinski definition) is 2. The van der Waals surface area contributed by atoms with Gasteiger partial charge in [-0.05, 0) is 48.7 Å². The van der Waals surface area contributed by atoms with Crippen LogP contribution in [0.2, 0.25) is 5.02 Å². The standard InChI is InChI=1S/C17H16ClNO2/c1-11-4-3-5-12(2)17(11)19-15-10-14(18)8-6-13(15)7-9-16(20)21/h3-10,19H,1-2H3,(H,20,21). The van der Waals surface area contributed by atoms with Gasteiger partial charge in [-0.25, -0.2) is 4.79 Å². The molecule has 0 unspecified atom stereocenters. The molecule has 2 aromatic rings. The fourth-order valence-corrected chi connectivity index (χ4v) is 2.26. The number of benzene rings is 2. The summed E-state index contributed by atoms with van der Waals surface area (Å²) in [6.07, 6.45) is 2.66. The molecular formula is C17H16ClNO2. The first-order chi connectivity index (χ1) is 9.97. The molecule has 0 saturated carbocycles. The number of anilines is 2. The first-order valence-electron chi connectivity index (χ1n) is 6.51. The van der Waals surface area contributed by atoms with Crippen LogP contribution in [0, 0.1) is 13.8 Å². The van der Waals surface area contributed by atoms with Crippen LogP contribution in [-0.2, 0) is 4.79 Å². The Kier molecular flexibility index (Phi) is 4.66. The van der Waals surface area contributed by atoms with Crippen molar-refractivity contribution in [2.75, 3.05) is 5.32 Å². The van der Waals surface area contributed by atoms with Crippen molar-refractivity contribution in [3.63, 3.8) is 0 Å². The topological polar surface area (TPSA) is 49.3 Å². The predicted octanol–water partition coefficient (Wildman–Crippen LogP) is 4.80. The summed E-state index contributed by atoms with van der Waals surface area (Å²) < 4.78 is 0. The lowest BCUT2D eigenvalue weighted by Gasteiger charge is -2.15. The van der Waals surface area contributed by atoms with E-state index in [-0.39, 0.29) is 0 Å². The Balaban J connectivity index is 2.43. The molecule has 2 rings (SSSR count). The number of carbonyl (C=O) groups is 1. The van der Waals surface area contributed by atoms with E-state index in [1.54, 1.807) is 24.3 Å². The molecule has 3 nitrogen and oxygen atoms in total. The Morgan fingerprint density at radius 1 is 1.19 bits per heavy atom. The summed E-state index contributed by atoms with van der Waals surface area (Å²) in [5.41, 5.74) is 4.78. The predicted molar refractivity (Wildman–Crippen MR) is 87.3 cm³/mol. The molecule has 0 fully saturated rings. The van der Waals surface area contributed by atoms with Gasteiger partial charge in [0.25, 0.3) is 0 Å². The van der Waals surface area contributed by atoms with Crippen molar-refractivity contribution in [3.8, 4) is 0 Å². The number of hydrogen-bond acceptors (Lipinski definition) is 2.